The fraction of sp³-hybridized carbons (Fsp3) is 0.500. The molecule has 0 radical (unpaired) electrons. The van der Waals surface area contributed by atoms with Crippen molar-refractivity contribution in [3.63, 3.8) is 0 Å². The Bertz CT molecular complexity index is 701. The number of esters is 2. The van der Waals surface area contributed by atoms with E-state index in [9.17, 15) is 9.59 Å². The first-order valence-electron chi connectivity index (χ1n) is 10.6. The van der Waals surface area contributed by atoms with E-state index in [1.807, 2.05) is 24.3 Å². The minimum absolute atomic E-state index is 0.191. The van der Waals surface area contributed by atoms with Crippen molar-refractivity contribution in [2.24, 2.45) is 0 Å². The predicted octanol–water partition coefficient (Wildman–Crippen LogP) is 6.59. The molecular weight excluding hydrogens is 352 g/mol. The van der Waals surface area contributed by atoms with E-state index >= 15 is 0 Å². The number of carbonyl (C=O) groups excluding carboxylic acids is 2. The van der Waals surface area contributed by atoms with Crippen molar-refractivity contribution in [1.29, 1.82) is 0 Å². The highest BCUT2D eigenvalue weighted by atomic mass is 16.5. The number of benzene rings is 2. The molecule has 0 N–H and O–H groups in total. The first kappa shape index (κ1) is 21.9. The number of carbonyl (C=O) groups is 2. The lowest BCUT2D eigenvalue weighted by atomic mass is 10.1. The fourth-order valence-corrected chi connectivity index (χ4v) is 3.09. The van der Waals surface area contributed by atoms with Crippen LogP contribution < -0.4 is 9.47 Å². The molecule has 0 saturated heterocycles. The predicted molar refractivity (Wildman–Crippen MR) is 113 cm³/mol. The third-order valence-corrected chi connectivity index (χ3v) is 4.72. The van der Waals surface area contributed by atoms with Crippen LogP contribution >= 0.6 is 0 Å². The molecule has 4 heteroatoms. The number of rotatable bonds is 12. The van der Waals surface area contributed by atoms with Gasteiger partial charge in [0.15, 0.2) is 0 Å². The summed E-state index contributed by atoms with van der Waals surface area (Å²) in [5.74, 6) is 0.718. The van der Waals surface area contributed by atoms with Crippen LogP contribution in [0.1, 0.15) is 78.1 Å². The largest absolute Gasteiger partial charge is 0.427 e. The Labute approximate surface area is 168 Å². The van der Waals surface area contributed by atoms with Crippen molar-refractivity contribution in [3.05, 3.63) is 36.4 Å². The summed E-state index contributed by atoms with van der Waals surface area (Å²) < 4.78 is 10.9. The molecule has 2 rings (SSSR count). The molecule has 0 aliphatic carbocycles. The van der Waals surface area contributed by atoms with E-state index < -0.39 is 0 Å². The molecule has 0 atom stereocenters. The van der Waals surface area contributed by atoms with Gasteiger partial charge in [-0.05, 0) is 47.9 Å². The normalized spacial score (nSPS) is 10.8. The summed E-state index contributed by atoms with van der Waals surface area (Å²) in [6.45, 7) is 4.29. The van der Waals surface area contributed by atoms with Crippen LogP contribution in [0.2, 0.25) is 0 Å². The number of unbranched alkanes of at least 4 members (excludes halogenated alkanes) is 6. The molecule has 0 aromatic heterocycles. The van der Waals surface area contributed by atoms with Crippen molar-refractivity contribution in [1.82, 2.24) is 0 Å². The first-order valence-corrected chi connectivity index (χ1v) is 10.6. The lowest BCUT2D eigenvalue weighted by Gasteiger charge is -2.08. The molecule has 0 aliphatic rings. The van der Waals surface area contributed by atoms with Gasteiger partial charge in [0.25, 0.3) is 0 Å². The molecule has 2 aromatic rings. The van der Waals surface area contributed by atoms with Gasteiger partial charge in [-0.1, -0.05) is 64.5 Å². The zero-order valence-corrected chi connectivity index (χ0v) is 17.2. The lowest BCUT2D eigenvalue weighted by molar-refractivity contribution is -0.135. The Balaban J connectivity index is 1.88. The van der Waals surface area contributed by atoms with E-state index in [-0.39, 0.29) is 11.9 Å². The summed E-state index contributed by atoms with van der Waals surface area (Å²) in [7, 11) is 0. The van der Waals surface area contributed by atoms with Crippen molar-refractivity contribution in [2.45, 2.75) is 78.1 Å². The molecule has 0 fully saturated rings. The standard InChI is InChI=1S/C24H32O4/c1-3-5-7-9-11-23(25)27-21-15-13-20-18-22(16-14-19(20)17-21)28-24(26)12-10-8-6-4-2/h13-18H,3-12H2,1-2H3. The highest BCUT2D eigenvalue weighted by Gasteiger charge is 2.08. The molecule has 2 aromatic carbocycles. The number of hydrogen-bond donors (Lipinski definition) is 0. The Kier molecular flexibility index (Phi) is 9.53. The van der Waals surface area contributed by atoms with E-state index in [0.29, 0.717) is 24.3 Å². The molecular formula is C24H32O4. The first-order chi connectivity index (χ1) is 13.6. The van der Waals surface area contributed by atoms with Crippen molar-refractivity contribution < 1.29 is 19.1 Å². The molecule has 0 unspecified atom stereocenters. The molecule has 28 heavy (non-hydrogen) atoms. The molecule has 4 nitrogen and oxygen atoms in total. The summed E-state index contributed by atoms with van der Waals surface area (Å²) in [5.41, 5.74) is 0. The Morgan fingerprint density at radius 3 is 1.46 bits per heavy atom. The van der Waals surface area contributed by atoms with Gasteiger partial charge < -0.3 is 9.47 Å². The van der Waals surface area contributed by atoms with E-state index in [1.165, 1.54) is 0 Å². The fourth-order valence-electron chi connectivity index (χ4n) is 3.09. The maximum Gasteiger partial charge on any atom is 0.311 e. The van der Waals surface area contributed by atoms with E-state index in [0.717, 1.165) is 62.1 Å². The molecule has 0 aliphatic heterocycles. The quantitative estimate of drug-likeness (QED) is 0.235. The maximum atomic E-state index is 11.9. The second kappa shape index (κ2) is 12.2. The zero-order valence-electron chi connectivity index (χ0n) is 17.2. The Hall–Kier alpha value is -2.36. The van der Waals surface area contributed by atoms with Gasteiger partial charge in [-0.2, -0.15) is 0 Å². The monoisotopic (exact) mass is 384 g/mol. The second-order valence-corrected chi connectivity index (χ2v) is 7.24. The molecule has 0 spiro atoms. The molecule has 0 saturated carbocycles. The molecule has 0 bridgehead atoms. The average molecular weight is 385 g/mol. The van der Waals surface area contributed by atoms with Gasteiger partial charge in [-0.3, -0.25) is 9.59 Å². The van der Waals surface area contributed by atoms with Gasteiger partial charge >= 0.3 is 11.9 Å². The summed E-state index contributed by atoms with van der Waals surface area (Å²) >= 11 is 0. The minimum atomic E-state index is -0.191. The Morgan fingerprint density at radius 2 is 1.07 bits per heavy atom. The van der Waals surface area contributed by atoms with Crippen LogP contribution in [-0.4, -0.2) is 11.9 Å². The number of fused-ring (bicyclic) bond motifs is 1. The highest BCUT2D eigenvalue weighted by molar-refractivity contribution is 5.86. The van der Waals surface area contributed by atoms with Crippen molar-refractivity contribution in [3.8, 4) is 11.5 Å². The van der Waals surface area contributed by atoms with Gasteiger partial charge in [0.1, 0.15) is 11.5 Å². The van der Waals surface area contributed by atoms with Crippen LogP contribution in [0, 0.1) is 0 Å². The summed E-state index contributed by atoms with van der Waals surface area (Å²) in [4.78, 5) is 23.9. The molecule has 0 heterocycles. The number of hydrogen-bond acceptors (Lipinski definition) is 4. The summed E-state index contributed by atoms with van der Waals surface area (Å²) in [5, 5.41) is 1.89. The third kappa shape index (κ3) is 7.71. The Morgan fingerprint density at radius 1 is 0.643 bits per heavy atom. The topological polar surface area (TPSA) is 52.6 Å². The zero-order chi connectivity index (χ0) is 20.2. The summed E-state index contributed by atoms with van der Waals surface area (Å²) in [6.07, 6.45) is 9.35. The number of ether oxygens (including phenoxy) is 2. The third-order valence-electron chi connectivity index (χ3n) is 4.72. The maximum absolute atomic E-state index is 11.9. The van der Waals surface area contributed by atoms with Crippen LogP contribution in [-0.2, 0) is 9.59 Å². The van der Waals surface area contributed by atoms with Gasteiger partial charge in [-0.15, -0.1) is 0 Å². The van der Waals surface area contributed by atoms with Crippen LogP contribution in [0.15, 0.2) is 36.4 Å². The average Bonchev–Trinajstić information content (AvgIpc) is 2.69. The van der Waals surface area contributed by atoms with Gasteiger partial charge in [0, 0.05) is 12.8 Å². The highest BCUT2D eigenvalue weighted by Crippen LogP contribution is 2.25. The molecule has 152 valence electrons. The SMILES string of the molecule is CCCCCCC(=O)Oc1ccc2cc(OC(=O)CCCCCC)ccc2c1. The summed E-state index contributed by atoms with van der Waals surface area (Å²) in [6, 6.07) is 11.0. The van der Waals surface area contributed by atoms with Crippen molar-refractivity contribution >= 4 is 22.7 Å². The van der Waals surface area contributed by atoms with Gasteiger partial charge in [0.2, 0.25) is 0 Å². The minimum Gasteiger partial charge on any atom is -0.427 e. The van der Waals surface area contributed by atoms with Crippen molar-refractivity contribution in [2.75, 3.05) is 0 Å². The van der Waals surface area contributed by atoms with Gasteiger partial charge in [0.05, 0.1) is 0 Å². The van der Waals surface area contributed by atoms with Crippen LogP contribution in [0.3, 0.4) is 0 Å². The van der Waals surface area contributed by atoms with Crippen LogP contribution in [0.25, 0.3) is 10.8 Å². The smallest absolute Gasteiger partial charge is 0.311 e. The van der Waals surface area contributed by atoms with E-state index in [4.69, 9.17) is 9.47 Å². The molecule has 0 amide bonds. The van der Waals surface area contributed by atoms with Crippen LogP contribution in [0.4, 0.5) is 0 Å². The van der Waals surface area contributed by atoms with Gasteiger partial charge in [-0.25, -0.2) is 0 Å². The lowest BCUT2D eigenvalue weighted by Crippen LogP contribution is -2.08. The van der Waals surface area contributed by atoms with E-state index in [1.54, 1.807) is 12.1 Å². The van der Waals surface area contributed by atoms with Crippen LogP contribution in [0.5, 0.6) is 11.5 Å². The second-order valence-electron chi connectivity index (χ2n) is 7.24. The van der Waals surface area contributed by atoms with E-state index in [2.05, 4.69) is 13.8 Å².